The van der Waals surface area contributed by atoms with Crippen molar-refractivity contribution in [3.05, 3.63) is 47.6 Å². The first-order valence-corrected chi connectivity index (χ1v) is 13.2. The first-order valence-electron chi connectivity index (χ1n) is 13.2. The summed E-state index contributed by atoms with van der Waals surface area (Å²) in [5.74, 6) is -1.87. The maximum Gasteiger partial charge on any atom is 0.331 e. The average Bonchev–Trinajstić information content (AvgIpc) is 3.21. The van der Waals surface area contributed by atoms with Crippen LogP contribution in [0.2, 0.25) is 0 Å². The summed E-state index contributed by atoms with van der Waals surface area (Å²) >= 11 is 0. The monoisotopic (exact) mass is 498 g/mol. The molecule has 0 heterocycles. The zero-order valence-electron chi connectivity index (χ0n) is 22.7. The zero-order chi connectivity index (χ0) is 26.8. The number of aliphatic hydroxyl groups excluding tert-OH is 1. The molecule has 36 heavy (non-hydrogen) atoms. The minimum atomic E-state index is -1.48. The fourth-order valence-corrected chi connectivity index (χ4v) is 6.10. The van der Waals surface area contributed by atoms with E-state index in [1.165, 1.54) is 13.0 Å². The van der Waals surface area contributed by atoms with Crippen LogP contribution >= 0.6 is 0 Å². The molecule has 0 radical (unpaired) electrons. The summed E-state index contributed by atoms with van der Waals surface area (Å²) in [6, 6.07) is 0. The summed E-state index contributed by atoms with van der Waals surface area (Å²) in [7, 11) is 0. The van der Waals surface area contributed by atoms with Gasteiger partial charge in [-0.25, -0.2) is 4.79 Å². The lowest BCUT2D eigenvalue weighted by Gasteiger charge is -2.34. The number of hydrogen-bond acceptors (Lipinski definition) is 6. The number of hydrogen-bond donors (Lipinski definition) is 1. The Balaban J connectivity index is 2.03. The lowest BCUT2D eigenvalue weighted by atomic mass is 9.80. The topological polar surface area (TPSA) is 89.9 Å². The smallest absolute Gasteiger partial charge is 0.331 e. The van der Waals surface area contributed by atoms with E-state index in [0.717, 1.165) is 18.4 Å². The van der Waals surface area contributed by atoms with Gasteiger partial charge < -0.3 is 14.6 Å². The van der Waals surface area contributed by atoms with Gasteiger partial charge in [-0.3, -0.25) is 9.59 Å². The van der Waals surface area contributed by atoms with Crippen LogP contribution in [-0.4, -0.2) is 40.6 Å². The van der Waals surface area contributed by atoms with Gasteiger partial charge in [0.1, 0.15) is 6.10 Å². The minimum absolute atomic E-state index is 0.0547. The van der Waals surface area contributed by atoms with E-state index in [1.807, 2.05) is 32.1 Å². The zero-order valence-corrected chi connectivity index (χ0v) is 22.7. The SMILES string of the molecule is CCC/C=C\C=C\C(=O)O[C@@H]1C[C@H]2[C@@H](/C=C(\C)C(=O)C3(OC(C)=O)C[C@@H](C)[C@H](O)[C@@H]3/C=C/1C)C2(C)C. The highest BCUT2D eigenvalue weighted by atomic mass is 16.6. The Morgan fingerprint density at radius 2 is 1.86 bits per heavy atom. The van der Waals surface area contributed by atoms with Crippen LogP contribution in [0.5, 0.6) is 0 Å². The van der Waals surface area contributed by atoms with E-state index in [9.17, 15) is 19.5 Å². The van der Waals surface area contributed by atoms with Gasteiger partial charge in [0.2, 0.25) is 5.78 Å². The van der Waals surface area contributed by atoms with Crippen LogP contribution in [0.3, 0.4) is 0 Å². The summed E-state index contributed by atoms with van der Waals surface area (Å²) in [5.41, 5.74) is -0.238. The molecule has 2 fully saturated rings. The molecule has 0 aromatic heterocycles. The number of Topliss-reactive ketones (excluding diaryl/α,β-unsaturated/α-hetero) is 1. The number of unbranched alkanes of at least 4 members (excludes halogenated alkanes) is 1. The maximum absolute atomic E-state index is 13.9. The highest BCUT2D eigenvalue weighted by molar-refractivity contribution is 6.03. The molecule has 1 N–H and O–H groups in total. The summed E-state index contributed by atoms with van der Waals surface area (Å²) in [4.78, 5) is 38.7. The van der Waals surface area contributed by atoms with Crippen molar-refractivity contribution in [1.82, 2.24) is 0 Å². The fraction of sp³-hybridized carbons (Fsp3) is 0.633. The van der Waals surface area contributed by atoms with Crippen molar-refractivity contribution >= 4 is 17.7 Å². The molecule has 0 aromatic rings. The van der Waals surface area contributed by atoms with Gasteiger partial charge in [-0.05, 0) is 61.0 Å². The van der Waals surface area contributed by atoms with Crippen LogP contribution in [0.25, 0.3) is 0 Å². The van der Waals surface area contributed by atoms with Crippen molar-refractivity contribution in [2.24, 2.45) is 29.1 Å². The first kappa shape index (κ1) is 28.1. The molecule has 3 rings (SSSR count). The average molecular weight is 499 g/mol. The standard InChI is InChI=1S/C30H42O6/c1-8-9-10-11-12-13-26(32)35-25-16-23-22(29(23,6)7)15-19(3)28(34)30(36-21(5)31)17-20(4)27(33)24(30)14-18(25)2/h10-15,20,22-25,27,33H,8-9,16-17H2,1-7H3/b11-10-,13-12+,18-14+,19-15+/t20-,22-,23+,24+,25-,27+,30?/m1/s1. The Morgan fingerprint density at radius 1 is 1.17 bits per heavy atom. The third-order valence-corrected chi connectivity index (χ3v) is 8.36. The highest BCUT2D eigenvalue weighted by Crippen LogP contribution is 2.62. The molecule has 0 spiro atoms. The summed E-state index contributed by atoms with van der Waals surface area (Å²) in [5, 5.41) is 11.1. The van der Waals surface area contributed by atoms with Crippen molar-refractivity contribution in [2.75, 3.05) is 0 Å². The Labute approximate surface area is 215 Å². The second kappa shape index (κ2) is 10.9. The number of esters is 2. The van der Waals surface area contributed by atoms with Crippen LogP contribution in [0, 0.1) is 29.1 Å². The Bertz CT molecular complexity index is 999. The molecule has 0 bridgehead atoms. The lowest BCUT2D eigenvalue weighted by Crippen LogP contribution is -2.48. The van der Waals surface area contributed by atoms with Gasteiger partial charge >= 0.3 is 11.9 Å². The van der Waals surface area contributed by atoms with Gasteiger partial charge in [-0.15, -0.1) is 0 Å². The quantitative estimate of drug-likeness (QED) is 0.232. The molecule has 6 nitrogen and oxygen atoms in total. The predicted molar refractivity (Wildman–Crippen MR) is 139 cm³/mol. The number of carbonyl (C=O) groups is 3. The molecule has 3 aliphatic rings. The number of ether oxygens (including phenoxy) is 2. The normalized spacial score (nSPS) is 38.8. The molecule has 198 valence electrons. The number of rotatable bonds is 6. The van der Waals surface area contributed by atoms with Gasteiger partial charge in [0, 0.05) is 19.4 Å². The highest BCUT2D eigenvalue weighted by Gasteiger charge is 2.61. The van der Waals surface area contributed by atoms with E-state index < -0.39 is 35.7 Å². The van der Waals surface area contributed by atoms with E-state index in [2.05, 4.69) is 20.8 Å². The van der Waals surface area contributed by atoms with Crippen molar-refractivity contribution in [2.45, 2.75) is 92.0 Å². The second-order valence-electron chi connectivity index (χ2n) is 11.5. The third kappa shape index (κ3) is 5.59. The van der Waals surface area contributed by atoms with Crippen molar-refractivity contribution in [3.8, 4) is 0 Å². The van der Waals surface area contributed by atoms with Crippen molar-refractivity contribution in [3.63, 3.8) is 0 Å². The molecule has 7 atom stereocenters. The van der Waals surface area contributed by atoms with E-state index >= 15 is 0 Å². The van der Waals surface area contributed by atoms with E-state index in [0.29, 0.717) is 12.0 Å². The maximum atomic E-state index is 13.9. The minimum Gasteiger partial charge on any atom is -0.455 e. The Morgan fingerprint density at radius 3 is 2.50 bits per heavy atom. The summed E-state index contributed by atoms with van der Waals surface area (Å²) in [6.45, 7) is 13.2. The third-order valence-electron chi connectivity index (χ3n) is 8.36. The molecule has 0 aliphatic heterocycles. The molecular formula is C30H42O6. The Hall–Kier alpha value is -2.47. The molecule has 6 heteroatoms. The first-order chi connectivity index (χ1) is 16.8. The number of aliphatic hydroxyl groups is 1. The molecule has 2 saturated carbocycles. The summed E-state index contributed by atoms with van der Waals surface area (Å²) in [6.07, 6.45) is 12.2. The molecule has 0 aromatic carbocycles. The fourth-order valence-electron chi connectivity index (χ4n) is 6.10. The van der Waals surface area contributed by atoms with Gasteiger partial charge in [-0.2, -0.15) is 0 Å². The Kier molecular flexibility index (Phi) is 8.49. The number of fused-ring (bicyclic) bond motifs is 2. The van der Waals surface area contributed by atoms with Gasteiger partial charge in [0.15, 0.2) is 5.60 Å². The van der Waals surface area contributed by atoms with Crippen LogP contribution in [-0.2, 0) is 23.9 Å². The van der Waals surface area contributed by atoms with Gasteiger partial charge in [-0.1, -0.05) is 64.5 Å². The van der Waals surface area contributed by atoms with Crippen molar-refractivity contribution < 1.29 is 29.0 Å². The number of carbonyl (C=O) groups excluding carboxylic acids is 3. The van der Waals surface area contributed by atoms with Gasteiger partial charge in [0.25, 0.3) is 0 Å². The van der Waals surface area contributed by atoms with E-state index in [-0.39, 0.29) is 35.4 Å². The molecular weight excluding hydrogens is 456 g/mol. The largest absolute Gasteiger partial charge is 0.455 e. The predicted octanol–water partition coefficient (Wildman–Crippen LogP) is 5.27. The van der Waals surface area contributed by atoms with Crippen LogP contribution < -0.4 is 0 Å². The van der Waals surface area contributed by atoms with Crippen molar-refractivity contribution in [1.29, 1.82) is 0 Å². The van der Waals surface area contributed by atoms with Crippen LogP contribution in [0.4, 0.5) is 0 Å². The van der Waals surface area contributed by atoms with Crippen LogP contribution in [0.15, 0.2) is 47.6 Å². The summed E-state index contributed by atoms with van der Waals surface area (Å²) < 4.78 is 11.7. The van der Waals surface area contributed by atoms with Gasteiger partial charge in [0.05, 0.1) is 12.0 Å². The molecule has 3 aliphatic carbocycles. The number of allylic oxidation sites excluding steroid dienone is 4. The molecule has 0 amide bonds. The number of ketones is 1. The van der Waals surface area contributed by atoms with E-state index in [1.54, 1.807) is 19.1 Å². The molecule has 1 unspecified atom stereocenters. The molecule has 0 saturated heterocycles. The van der Waals surface area contributed by atoms with Crippen LogP contribution in [0.1, 0.15) is 74.1 Å². The lowest BCUT2D eigenvalue weighted by molar-refractivity contribution is -0.168. The second-order valence-corrected chi connectivity index (χ2v) is 11.5. The van der Waals surface area contributed by atoms with E-state index in [4.69, 9.17) is 9.47 Å².